The van der Waals surface area contributed by atoms with Crippen LogP contribution in [0.4, 0.5) is 14.7 Å². The van der Waals surface area contributed by atoms with Crippen molar-refractivity contribution < 1.29 is 13.5 Å². The maximum Gasteiger partial charge on any atom is 0.247 e. The second-order valence-electron chi connectivity index (χ2n) is 6.29. The van der Waals surface area contributed by atoms with E-state index < -0.39 is 5.82 Å². The number of nitrogens with one attached hydrogen (secondary N) is 1. The fraction of sp³-hybridized carbons (Fsp3) is 0.143. The van der Waals surface area contributed by atoms with E-state index >= 15 is 0 Å². The summed E-state index contributed by atoms with van der Waals surface area (Å²) < 4.78 is 33.6. The highest BCUT2D eigenvalue weighted by molar-refractivity contribution is 9.10. The van der Waals surface area contributed by atoms with Gasteiger partial charge in [0.25, 0.3) is 0 Å². The van der Waals surface area contributed by atoms with Gasteiger partial charge in [-0.05, 0) is 52.7 Å². The SMILES string of the molecule is CCOc1nc(NCc2ccc(F)cc2)nc2ncc(-c3c(F)cccc3Br)nc12. The van der Waals surface area contributed by atoms with Crippen LogP contribution in [0.15, 0.2) is 53.1 Å². The molecule has 2 heterocycles. The maximum absolute atomic E-state index is 14.3. The van der Waals surface area contributed by atoms with Crippen molar-refractivity contribution in [3.05, 3.63) is 70.3 Å². The summed E-state index contributed by atoms with van der Waals surface area (Å²) in [6, 6.07) is 10.8. The zero-order chi connectivity index (χ0) is 21.1. The normalized spacial score (nSPS) is 10.9. The number of aromatic nitrogens is 4. The van der Waals surface area contributed by atoms with E-state index in [9.17, 15) is 8.78 Å². The summed E-state index contributed by atoms with van der Waals surface area (Å²) in [5.41, 5.74) is 2.14. The molecule has 0 saturated carbocycles. The molecule has 0 bridgehead atoms. The van der Waals surface area contributed by atoms with Gasteiger partial charge < -0.3 is 10.1 Å². The van der Waals surface area contributed by atoms with E-state index in [4.69, 9.17) is 4.74 Å². The third-order valence-electron chi connectivity index (χ3n) is 4.24. The highest BCUT2D eigenvalue weighted by atomic mass is 79.9. The number of rotatable bonds is 6. The van der Waals surface area contributed by atoms with Gasteiger partial charge in [-0.3, -0.25) is 0 Å². The molecule has 0 amide bonds. The summed E-state index contributed by atoms with van der Waals surface area (Å²) in [5, 5.41) is 3.08. The molecule has 9 heteroatoms. The molecule has 2 aromatic carbocycles. The molecule has 4 aromatic rings. The van der Waals surface area contributed by atoms with Crippen LogP contribution in [-0.4, -0.2) is 26.5 Å². The van der Waals surface area contributed by atoms with Crippen molar-refractivity contribution in [3.8, 4) is 17.1 Å². The molecule has 30 heavy (non-hydrogen) atoms. The number of anilines is 1. The molecule has 0 aliphatic carbocycles. The lowest BCUT2D eigenvalue weighted by atomic mass is 10.1. The molecule has 0 spiro atoms. The molecule has 2 aromatic heterocycles. The van der Waals surface area contributed by atoms with E-state index in [-0.39, 0.29) is 11.7 Å². The van der Waals surface area contributed by atoms with Gasteiger partial charge in [0.2, 0.25) is 11.8 Å². The second kappa shape index (κ2) is 8.66. The first kappa shape index (κ1) is 20.1. The van der Waals surface area contributed by atoms with E-state index in [1.807, 2.05) is 6.92 Å². The third-order valence-corrected chi connectivity index (χ3v) is 4.90. The Labute approximate surface area is 179 Å². The molecule has 0 unspecified atom stereocenters. The number of nitrogens with zero attached hydrogens (tertiary/aromatic N) is 4. The molecule has 0 saturated heterocycles. The van der Waals surface area contributed by atoms with E-state index in [0.29, 0.717) is 46.0 Å². The monoisotopic (exact) mass is 471 g/mol. The highest BCUT2D eigenvalue weighted by Crippen LogP contribution is 2.31. The Bertz CT molecular complexity index is 1180. The predicted molar refractivity (Wildman–Crippen MR) is 113 cm³/mol. The average molecular weight is 472 g/mol. The van der Waals surface area contributed by atoms with E-state index in [1.165, 1.54) is 24.4 Å². The van der Waals surface area contributed by atoms with Crippen LogP contribution in [0, 0.1) is 11.6 Å². The Hall–Kier alpha value is -3.20. The number of ether oxygens (including phenoxy) is 1. The Balaban J connectivity index is 1.71. The molecule has 152 valence electrons. The quantitative estimate of drug-likeness (QED) is 0.419. The van der Waals surface area contributed by atoms with Gasteiger partial charge >= 0.3 is 0 Å². The van der Waals surface area contributed by atoms with Crippen molar-refractivity contribution >= 4 is 33.0 Å². The van der Waals surface area contributed by atoms with E-state index in [2.05, 4.69) is 41.2 Å². The van der Waals surface area contributed by atoms with Crippen LogP contribution in [0.3, 0.4) is 0 Å². The molecule has 0 atom stereocenters. The van der Waals surface area contributed by atoms with Crippen LogP contribution >= 0.6 is 15.9 Å². The van der Waals surface area contributed by atoms with Crippen LogP contribution in [0.2, 0.25) is 0 Å². The summed E-state index contributed by atoms with van der Waals surface area (Å²) in [6.45, 7) is 2.58. The van der Waals surface area contributed by atoms with Gasteiger partial charge in [0.05, 0.1) is 24.1 Å². The van der Waals surface area contributed by atoms with Gasteiger partial charge in [-0.2, -0.15) is 9.97 Å². The van der Waals surface area contributed by atoms with Gasteiger partial charge in [0, 0.05) is 11.0 Å². The lowest BCUT2D eigenvalue weighted by Gasteiger charge is -2.11. The topological polar surface area (TPSA) is 72.8 Å². The van der Waals surface area contributed by atoms with Gasteiger partial charge in [0.1, 0.15) is 11.6 Å². The van der Waals surface area contributed by atoms with Crippen LogP contribution < -0.4 is 10.1 Å². The van der Waals surface area contributed by atoms with E-state index in [0.717, 1.165) is 5.56 Å². The number of halogens is 3. The number of hydrogen-bond donors (Lipinski definition) is 1. The van der Waals surface area contributed by atoms with Gasteiger partial charge in [-0.25, -0.2) is 18.7 Å². The molecule has 6 nitrogen and oxygen atoms in total. The summed E-state index contributed by atoms with van der Waals surface area (Å²) in [6.07, 6.45) is 1.46. The first-order chi connectivity index (χ1) is 14.5. The van der Waals surface area contributed by atoms with E-state index in [1.54, 1.807) is 24.3 Å². The van der Waals surface area contributed by atoms with Gasteiger partial charge in [-0.1, -0.05) is 18.2 Å². The molecule has 0 aliphatic heterocycles. The standard InChI is InChI=1S/C21H16BrF2N5O/c1-2-30-20-18-19(25-11-16(27-18)17-14(22)4-3-5-15(17)24)28-21(29-20)26-10-12-6-8-13(23)9-7-12/h3-9,11H,2,10H2,1H3,(H,25,26,28,29). The van der Waals surface area contributed by atoms with Crippen molar-refractivity contribution in [3.63, 3.8) is 0 Å². The van der Waals surface area contributed by atoms with Crippen LogP contribution in [0.5, 0.6) is 5.88 Å². The minimum absolute atomic E-state index is 0.242. The van der Waals surface area contributed by atoms with Crippen molar-refractivity contribution in [1.29, 1.82) is 0 Å². The fourth-order valence-electron chi connectivity index (χ4n) is 2.85. The first-order valence-corrected chi connectivity index (χ1v) is 9.94. The molecular weight excluding hydrogens is 456 g/mol. The smallest absolute Gasteiger partial charge is 0.247 e. The molecule has 0 radical (unpaired) electrons. The summed E-state index contributed by atoms with van der Waals surface area (Å²) in [4.78, 5) is 17.6. The minimum atomic E-state index is -0.422. The number of benzene rings is 2. The highest BCUT2D eigenvalue weighted by Gasteiger charge is 2.16. The van der Waals surface area contributed by atoms with Crippen molar-refractivity contribution in [2.45, 2.75) is 13.5 Å². The molecule has 0 aliphatic rings. The van der Waals surface area contributed by atoms with Crippen molar-refractivity contribution in [2.75, 3.05) is 11.9 Å². The Morgan fingerprint density at radius 2 is 1.83 bits per heavy atom. The molecule has 1 N–H and O–H groups in total. The Kier molecular flexibility index (Phi) is 5.80. The van der Waals surface area contributed by atoms with Crippen LogP contribution in [0.1, 0.15) is 12.5 Å². The molecular formula is C21H16BrF2N5O. The summed E-state index contributed by atoms with van der Waals surface area (Å²) in [5.74, 6) is -0.184. The second-order valence-corrected chi connectivity index (χ2v) is 7.14. The maximum atomic E-state index is 14.3. The van der Waals surface area contributed by atoms with Crippen LogP contribution in [0.25, 0.3) is 22.4 Å². The third kappa shape index (κ3) is 4.20. The minimum Gasteiger partial charge on any atom is -0.476 e. The lowest BCUT2D eigenvalue weighted by Crippen LogP contribution is -2.07. The number of hydrogen-bond acceptors (Lipinski definition) is 6. The summed E-state index contributed by atoms with van der Waals surface area (Å²) in [7, 11) is 0. The fourth-order valence-corrected chi connectivity index (χ4v) is 3.39. The molecule has 4 rings (SSSR count). The number of fused-ring (bicyclic) bond motifs is 1. The summed E-state index contributed by atoms with van der Waals surface area (Å²) >= 11 is 3.35. The van der Waals surface area contributed by atoms with Crippen LogP contribution in [-0.2, 0) is 6.54 Å². The van der Waals surface area contributed by atoms with Crippen molar-refractivity contribution in [2.24, 2.45) is 0 Å². The Morgan fingerprint density at radius 3 is 2.57 bits per heavy atom. The van der Waals surface area contributed by atoms with Crippen molar-refractivity contribution in [1.82, 2.24) is 19.9 Å². The van der Waals surface area contributed by atoms with Gasteiger partial charge in [0.15, 0.2) is 11.2 Å². The largest absolute Gasteiger partial charge is 0.476 e. The average Bonchev–Trinajstić information content (AvgIpc) is 2.74. The van der Waals surface area contributed by atoms with Gasteiger partial charge in [-0.15, -0.1) is 0 Å². The zero-order valence-electron chi connectivity index (χ0n) is 15.9. The first-order valence-electron chi connectivity index (χ1n) is 9.15. The lowest BCUT2D eigenvalue weighted by molar-refractivity contribution is 0.330. The Morgan fingerprint density at radius 1 is 1.03 bits per heavy atom. The predicted octanol–water partition coefficient (Wildman–Crippen LogP) is 5.14. The molecule has 0 fully saturated rings. The zero-order valence-corrected chi connectivity index (χ0v) is 17.5.